The third-order valence-electron chi connectivity index (χ3n) is 3.29. The third-order valence-corrected chi connectivity index (χ3v) is 4.62. The second-order valence-electron chi connectivity index (χ2n) is 4.70. The summed E-state index contributed by atoms with van der Waals surface area (Å²) in [5, 5.41) is 4.43. The van der Waals surface area contributed by atoms with Crippen molar-refractivity contribution in [1.82, 2.24) is 5.32 Å². The molecule has 0 spiro atoms. The highest BCUT2D eigenvalue weighted by molar-refractivity contribution is 7.99. The van der Waals surface area contributed by atoms with Crippen LogP contribution in [0.3, 0.4) is 0 Å². The zero-order valence-electron chi connectivity index (χ0n) is 12.4. The molecular weight excluding hydrogens is 262 g/mol. The van der Waals surface area contributed by atoms with Crippen molar-refractivity contribution in [1.29, 1.82) is 0 Å². The van der Waals surface area contributed by atoms with E-state index in [0.717, 1.165) is 18.4 Å². The first kappa shape index (κ1) is 17.2. The Bertz CT molecular complexity index is 207. The highest BCUT2D eigenvalue weighted by Crippen LogP contribution is 2.29. The highest BCUT2D eigenvalue weighted by Gasteiger charge is 2.26. The van der Waals surface area contributed by atoms with Crippen LogP contribution in [0.1, 0.15) is 26.2 Å². The molecule has 5 heteroatoms. The number of hydrogen-bond acceptors (Lipinski definition) is 5. The van der Waals surface area contributed by atoms with E-state index in [1.807, 2.05) is 0 Å². The summed E-state index contributed by atoms with van der Waals surface area (Å²) in [4.78, 5) is 0. The Hall–Kier alpha value is 0.190. The molecule has 1 rings (SSSR count). The van der Waals surface area contributed by atoms with Crippen LogP contribution in [0.5, 0.6) is 0 Å². The van der Waals surface area contributed by atoms with Gasteiger partial charge in [-0.1, -0.05) is 13.3 Å². The Balaban J connectivity index is 1.87. The molecule has 0 aliphatic heterocycles. The van der Waals surface area contributed by atoms with E-state index in [2.05, 4.69) is 24.0 Å². The van der Waals surface area contributed by atoms with Gasteiger partial charge >= 0.3 is 0 Å². The van der Waals surface area contributed by atoms with Crippen LogP contribution in [0, 0.1) is 0 Å². The molecule has 114 valence electrons. The number of ether oxygens (including phenoxy) is 3. The standard InChI is InChI=1S/C14H29NO3S/c1-3-19-14-6-4-5-13(14)15-7-8-17-11-12-18-10-9-16-2/h13-15H,3-12H2,1-2H3. The molecule has 0 aromatic carbocycles. The second-order valence-corrected chi connectivity index (χ2v) is 6.22. The molecule has 0 bridgehead atoms. The molecular formula is C14H29NO3S. The number of thioether (sulfide) groups is 1. The molecule has 0 aromatic rings. The minimum Gasteiger partial charge on any atom is -0.382 e. The van der Waals surface area contributed by atoms with Crippen molar-refractivity contribution < 1.29 is 14.2 Å². The van der Waals surface area contributed by atoms with Gasteiger partial charge in [0.05, 0.1) is 33.0 Å². The molecule has 0 saturated heterocycles. The largest absolute Gasteiger partial charge is 0.382 e. The first-order valence-corrected chi connectivity index (χ1v) is 8.42. The monoisotopic (exact) mass is 291 g/mol. The Labute approximate surface area is 121 Å². The summed E-state index contributed by atoms with van der Waals surface area (Å²) < 4.78 is 15.8. The van der Waals surface area contributed by atoms with Crippen LogP contribution < -0.4 is 5.32 Å². The van der Waals surface area contributed by atoms with Gasteiger partial charge in [0.25, 0.3) is 0 Å². The summed E-state index contributed by atoms with van der Waals surface area (Å²) in [7, 11) is 1.68. The van der Waals surface area contributed by atoms with Gasteiger partial charge in [0.1, 0.15) is 0 Å². The lowest BCUT2D eigenvalue weighted by molar-refractivity contribution is 0.0252. The van der Waals surface area contributed by atoms with Crippen molar-refractivity contribution in [2.75, 3.05) is 52.4 Å². The molecule has 1 aliphatic rings. The van der Waals surface area contributed by atoms with E-state index in [4.69, 9.17) is 14.2 Å². The fourth-order valence-corrected chi connectivity index (χ4v) is 3.58. The molecule has 2 atom stereocenters. The highest BCUT2D eigenvalue weighted by atomic mass is 32.2. The fourth-order valence-electron chi connectivity index (χ4n) is 2.35. The van der Waals surface area contributed by atoms with E-state index in [-0.39, 0.29) is 0 Å². The molecule has 1 fully saturated rings. The van der Waals surface area contributed by atoms with E-state index >= 15 is 0 Å². The van der Waals surface area contributed by atoms with Crippen LogP contribution >= 0.6 is 11.8 Å². The van der Waals surface area contributed by atoms with Gasteiger partial charge in [-0.15, -0.1) is 0 Å². The van der Waals surface area contributed by atoms with E-state index in [9.17, 15) is 0 Å². The van der Waals surface area contributed by atoms with Crippen molar-refractivity contribution in [2.24, 2.45) is 0 Å². The van der Waals surface area contributed by atoms with Crippen molar-refractivity contribution in [3.8, 4) is 0 Å². The van der Waals surface area contributed by atoms with Crippen LogP contribution in [0.25, 0.3) is 0 Å². The topological polar surface area (TPSA) is 39.7 Å². The van der Waals surface area contributed by atoms with Gasteiger partial charge in [-0.05, 0) is 18.6 Å². The molecule has 0 aromatic heterocycles. The molecule has 19 heavy (non-hydrogen) atoms. The summed E-state index contributed by atoms with van der Waals surface area (Å²) in [6.45, 7) is 6.59. The Morgan fingerprint density at radius 3 is 2.53 bits per heavy atom. The molecule has 0 radical (unpaired) electrons. The zero-order valence-corrected chi connectivity index (χ0v) is 13.2. The van der Waals surface area contributed by atoms with Crippen LogP contribution in [-0.2, 0) is 14.2 Å². The molecule has 1 N–H and O–H groups in total. The summed E-state index contributed by atoms with van der Waals surface area (Å²) in [6.07, 6.45) is 4.05. The predicted octanol–water partition coefficient (Wildman–Crippen LogP) is 1.93. The van der Waals surface area contributed by atoms with Gasteiger partial charge in [-0.25, -0.2) is 0 Å². The molecule has 4 nitrogen and oxygen atoms in total. The maximum absolute atomic E-state index is 5.53. The molecule has 2 unspecified atom stereocenters. The fraction of sp³-hybridized carbons (Fsp3) is 1.00. The summed E-state index contributed by atoms with van der Waals surface area (Å²) in [5.41, 5.74) is 0. The van der Waals surface area contributed by atoms with Gasteiger partial charge in [-0.3, -0.25) is 0 Å². The lowest BCUT2D eigenvalue weighted by atomic mass is 10.2. The van der Waals surface area contributed by atoms with Gasteiger partial charge in [-0.2, -0.15) is 11.8 Å². The molecule has 0 heterocycles. The molecule has 1 aliphatic carbocycles. The minimum atomic E-state index is 0.649. The van der Waals surface area contributed by atoms with Crippen molar-refractivity contribution in [3.63, 3.8) is 0 Å². The smallest absolute Gasteiger partial charge is 0.0701 e. The summed E-state index contributed by atoms with van der Waals surface area (Å²) in [6, 6.07) is 0.687. The number of methoxy groups -OCH3 is 1. The average Bonchev–Trinajstić information content (AvgIpc) is 2.85. The van der Waals surface area contributed by atoms with Crippen LogP contribution in [0.4, 0.5) is 0 Å². The maximum Gasteiger partial charge on any atom is 0.0701 e. The van der Waals surface area contributed by atoms with E-state index in [1.165, 1.54) is 25.0 Å². The van der Waals surface area contributed by atoms with E-state index in [0.29, 0.717) is 32.5 Å². The van der Waals surface area contributed by atoms with Crippen molar-refractivity contribution >= 4 is 11.8 Å². The van der Waals surface area contributed by atoms with Crippen LogP contribution in [0.15, 0.2) is 0 Å². The SMILES string of the molecule is CCSC1CCCC1NCCOCCOCCOC. The Morgan fingerprint density at radius 2 is 1.79 bits per heavy atom. The van der Waals surface area contributed by atoms with Crippen molar-refractivity contribution in [2.45, 2.75) is 37.5 Å². The number of hydrogen-bond donors (Lipinski definition) is 1. The maximum atomic E-state index is 5.53. The minimum absolute atomic E-state index is 0.649. The third kappa shape index (κ3) is 8.15. The normalized spacial score (nSPS) is 23.1. The number of nitrogens with one attached hydrogen (secondary N) is 1. The van der Waals surface area contributed by atoms with Gasteiger partial charge in [0.2, 0.25) is 0 Å². The summed E-state index contributed by atoms with van der Waals surface area (Å²) in [5.74, 6) is 1.22. The second kappa shape index (κ2) is 12.0. The van der Waals surface area contributed by atoms with E-state index < -0.39 is 0 Å². The number of rotatable bonds is 12. The van der Waals surface area contributed by atoms with Gasteiger partial charge in [0, 0.05) is 24.9 Å². The molecule has 1 saturated carbocycles. The Morgan fingerprint density at radius 1 is 1.05 bits per heavy atom. The van der Waals surface area contributed by atoms with Crippen LogP contribution in [0.2, 0.25) is 0 Å². The quantitative estimate of drug-likeness (QED) is 0.556. The first-order chi connectivity index (χ1) is 9.38. The van der Waals surface area contributed by atoms with Gasteiger partial charge in [0.15, 0.2) is 0 Å². The Kier molecular flexibility index (Phi) is 10.9. The van der Waals surface area contributed by atoms with Gasteiger partial charge < -0.3 is 19.5 Å². The molecule has 0 amide bonds. The van der Waals surface area contributed by atoms with E-state index in [1.54, 1.807) is 7.11 Å². The zero-order chi connectivity index (χ0) is 13.8. The lowest BCUT2D eigenvalue weighted by Gasteiger charge is -2.20. The lowest BCUT2D eigenvalue weighted by Crippen LogP contribution is -2.36. The van der Waals surface area contributed by atoms with Crippen LogP contribution in [-0.4, -0.2) is 63.7 Å². The summed E-state index contributed by atoms with van der Waals surface area (Å²) >= 11 is 2.09. The first-order valence-electron chi connectivity index (χ1n) is 7.38. The predicted molar refractivity (Wildman–Crippen MR) is 81.1 cm³/mol. The van der Waals surface area contributed by atoms with Crippen molar-refractivity contribution in [3.05, 3.63) is 0 Å². The average molecular weight is 291 g/mol.